The highest BCUT2D eigenvalue weighted by Crippen LogP contribution is 2.43. The number of anilines is 1. The molecule has 2 aromatic rings. The van der Waals surface area contributed by atoms with Crippen LogP contribution in [0.2, 0.25) is 0 Å². The van der Waals surface area contributed by atoms with E-state index in [1.165, 1.54) is 13.4 Å². The Morgan fingerprint density at radius 1 is 1.43 bits per heavy atom. The number of ether oxygens (including phenoxy) is 2. The van der Waals surface area contributed by atoms with Crippen LogP contribution in [0.3, 0.4) is 0 Å². The van der Waals surface area contributed by atoms with E-state index in [4.69, 9.17) is 9.47 Å². The Hall–Kier alpha value is -2.48. The van der Waals surface area contributed by atoms with E-state index in [-0.39, 0.29) is 11.9 Å². The molecule has 4 rings (SSSR count). The van der Waals surface area contributed by atoms with Gasteiger partial charge < -0.3 is 14.4 Å². The van der Waals surface area contributed by atoms with Crippen molar-refractivity contribution in [1.29, 1.82) is 0 Å². The molecule has 2 aliphatic heterocycles. The molecule has 0 saturated carbocycles. The van der Waals surface area contributed by atoms with Gasteiger partial charge in [0, 0.05) is 37.5 Å². The van der Waals surface area contributed by atoms with Crippen molar-refractivity contribution in [3.05, 3.63) is 30.9 Å². The van der Waals surface area contributed by atoms with Gasteiger partial charge in [0.2, 0.25) is 0 Å². The largest absolute Gasteiger partial charge is 0.468 e. The summed E-state index contributed by atoms with van der Waals surface area (Å²) >= 11 is 0. The van der Waals surface area contributed by atoms with E-state index in [0.717, 1.165) is 5.82 Å². The normalized spacial score (nSPS) is 26.3. The van der Waals surface area contributed by atoms with E-state index in [0.29, 0.717) is 32.1 Å². The molecule has 8 nitrogen and oxygen atoms in total. The smallest absolute Gasteiger partial charge is 0.316 e. The predicted octanol–water partition coefficient (Wildman–Crippen LogP) is 0.288. The first-order chi connectivity index (χ1) is 11.2. The number of methoxy groups -OCH3 is 1. The molecule has 4 heterocycles. The van der Waals surface area contributed by atoms with Crippen molar-refractivity contribution >= 4 is 11.8 Å². The maximum absolute atomic E-state index is 12.3. The van der Waals surface area contributed by atoms with Gasteiger partial charge in [-0.1, -0.05) is 0 Å². The van der Waals surface area contributed by atoms with Crippen molar-refractivity contribution < 1.29 is 14.3 Å². The van der Waals surface area contributed by atoms with Crippen LogP contribution in [0.1, 0.15) is 0 Å². The first kappa shape index (κ1) is 14.1. The van der Waals surface area contributed by atoms with Gasteiger partial charge in [0.25, 0.3) is 0 Å². The SMILES string of the molecule is COC(=O)[C@@]12COC[C@@H]1CN(c1cc(-n3cccn3)ncn1)C2. The molecule has 23 heavy (non-hydrogen) atoms. The average molecular weight is 315 g/mol. The molecule has 2 aromatic heterocycles. The molecule has 0 bridgehead atoms. The van der Waals surface area contributed by atoms with Gasteiger partial charge in [0.15, 0.2) is 5.82 Å². The van der Waals surface area contributed by atoms with E-state index in [1.807, 2.05) is 18.3 Å². The molecule has 120 valence electrons. The summed E-state index contributed by atoms with van der Waals surface area (Å²) in [5, 5.41) is 4.18. The Bertz CT molecular complexity index is 720. The molecule has 2 saturated heterocycles. The Labute approximate surface area is 133 Å². The molecule has 0 aromatic carbocycles. The van der Waals surface area contributed by atoms with Crippen LogP contribution in [0, 0.1) is 11.3 Å². The van der Waals surface area contributed by atoms with Gasteiger partial charge in [-0.15, -0.1) is 0 Å². The maximum atomic E-state index is 12.3. The number of carbonyl (C=O) groups is 1. The molecule has 0 unspecified atom stereocenters. The second-order valence-electron chi connectivity index (χ2n) is 5.93. The fraction of sp³-hybridized carbons (Fsp3) is 0.467. The summed E-state index contributed by atoms with van der Waals surface area (Å²) in [6, 6.07) is 3.71. The highest BCUT2D eigenvalue weighted by molar-refractivity contribution is 5.80. The van der Waals surface area contributed by atoms with Crippen LogP contribution in [0.25, 0.3) is 5.82 Å². The molecule has 0 radical (unpaired) electrons. The highest BCUT2D eigenvalue weighted by Gasteiger charge is 2.57. The number of carbonyl (C=O) groups excluding carboxylic acids is 1. The molecule has 2 aliphatic rings. The maximum Gasteiger partial charge on any atom is 0.316 e. The Morgan fingerprint density at radius 3 is 3.09 bits per heavy atom. The van der Waals surface area contributed by atoms with Crippen molar-refractivity contribution in [2.24, 2.45) is 11.3 Å². The van der Waals surface area contributed by atoms with E-state index >= 15 is 0 Å². The lowest BCUT2D eigenvalue weighted by atomic mass is 9.81. The Kier molecular flexibility index (Phi) is 3.26. The minimum atomic E-state index is -0.592. The van der Waals surface area contributed by atoms with E-state index in [9.17, 15) is 4.79 Å². The van der Waals surface area contributed by atoms with Crippen LogP contribution < -0.4 is 4.90 Å². The van der Waals surface area contributed by atoms with E-state index < -0.39 is 5.41 Å². The van der Waals surface area contributed by atoms with Crippen molar-refractivity contribution in [3.63, 3.8) is 0 Å². The quantitative estimate of drug-likeness (QED) is 0.753. The topological polar surface area (TPSA) is 82.4 Å². The summed E-state index contributed by atoms with van der Waals surface area (Å²) in [4.78, 5) is 23.0. The lowest BCUT2D eigenvalue weighted by Gasteiger charge is -2.24. The van der Waals surface area contributed by atoms with Gasteiger partial charge in [-0.3, -0.25) is 4.79 Å². The molecule has 2 atom stereocenters. The number of hydrogen-bond acceptors (Lipinski definition) is 7. The summed E-state index contributed by atoms with van der Waals surface area (Å²) < 4.78 is 12.2. The summed E-state index contributed by atoms with van der Waals surface area (Å²) in [6.07, 6.45) is 5.04. The third kappa shape index (κ3) is 2.17. The zero-order chi connectivity index (χ0) is 15.9. The van der Waals surface area contributed by atoms with Gasteiger partial charge in [0.1, 0.15) is 17.6 Å². The summed E-state index contributed by atoms with van der Waals surface area (Å²) in [7, 11) is 1.43. The predicted molar refractivity (Wildman–Crippen MR) is 80.1 cm³/mol. The monoisotopic (exact) mass is 315 g/mol. The molecule has 0 aliphatic carbocycles. The zero-order valence-electron chi connectivity index (χ0n) is 12.8. The number of rotatable bonds is 3. The van der Waals surface area contributed by atoms with Gasteiger partial charge in [-0.2, -0.15) is 5.10 Å². The van der Waals surface area contributed by atoms with Crippen molar-refractivity contribution in [3.8, 4) is 5.82 Å². The fourth-order valence-electron chi connectivity index (χ4n) is 3.44. The molecular formula is C15H17N5O3. The zero-order valence-corrected chi connectivity index (χ0v) is 12.8. The van der Waals surface area contributed by atoms with Gasteiger partial charge in [-0.25, -0.2) is 14.6 Å². The summed E-state index contributed by atoms with van der Waals surface area (Å²) in [5.41, 5.74) is -0.592. The van der Waals surface area contributed by atoms with Crippen molar-refractivity contribution in [2.45, 2.75) is 0 Å². The van der Waals surface area contributed by atoms with E-state index in [1.54, 1.807) is 10.9 Å². The second kappa shape index (κ2) is 5.31. The fourth-order valence-corrected chi connectivity index (χ4v) is 3.44. The van der Waals surface area contributed by atoms with Gasteiger partial charge in [0.05, 0.1) is 20.3 Å². The van der Waals surface area contributed by atoms with Crippen LogP contribution >= 0.6 is 0 Å². The number of esters is 1. The second-order valence-corrected chi connectivity index (χ2v) is 5.93. The third-order valence-corrected chi connectivity index (χ3v) is 4.67. The Balaban J connectivity index is 1.63. The molecular weight excluding hydrogens is 298 g/mol. The minimum Gasteiger partial charge on any atom is -0.468 e. The minimum absolute atomic E-state index is 0.123. The van der Waals surface area contributed by atoms with E-state index in [2.05, 4.69) is 20.0 Å². The van der Waals surface area contributed by atoms with Gasteiger partial charge in [-0.05, 0) is 6.07 Å². The van der Waals surface area contributed by atoms with Crippen LogP contribution in [-0.4, -0.2) is 59.1 Å². The van der Waals surface area contributed by atoms with Crippen LogP contribution in [0.15, 0.2) is 30.9 Å². The summed E-state index contributed by atoms with van der Waals surface area (Å²) in [6.45, 7) is 2.23. The third-order valence-electron chi connectivity index (χ3n) is 4.67. The lowest BCUT2D eigenvalue weighted by molar-refractivity contribution is -0.152. The number of hydrogen-bond donors (Lipinski definition) is 0. The molecule has 0 N–H and O–H groups in total. The molecule has 0 amide bonds. The van der Waals surface area contributed by atoms with Crippen LogP contribution in [0.4, 0.5) is 5.82 Å². The van der Waals surface area contributed by atoms with Crippen molar-refractivity contribution in [1.82, 2.24) is 19.7 Å². The molecule has 8 heteroatoms. The lowest BCUT2D eigenvalue weighted by Crippen LogP contribution is -2.40. The first-order valence-electron chi connectivity index (χ1n) is 7.46. The number of fused-ring (bicyclic) bond motifs is 1. The van der Waals surface area contributed by atoms with Crippen LogP contribution in [-0.2, 0) is 14.3 Å². The molecule has 2 fully saturated rings. The summed E-state index contributed by atoms with van der Waals surface area (Å²) in [5.74, 6) is 1.39. The number of nitrogens with zero attached hydrogens (tertiary/aromatic N) is 5. The Morgan fingerprint density at radius 2 is 2.30 bits per heavy atom. The number of aromatic nitrogens is 4. The molecule has 0 spiro atoms. The standard InChI is InChI=1S/C15H17N5O3/c1-22-14(21)15-8-19(6-11(15)7-23-9-15)12-5-13(17-10-16-12)20-4-2-3-18-20/h2-5,10-11H,6-9H2,1H3/t11-,15-/m0/s1. The average Bonchev–Trinajstić information content (AvgIpc) is 3.29. The highest BCUT2D eigenvalue weighted by atomic mass is 16.5. The van der Waals surface area contributed by atoms with Gasteiger partial charge >= 0.3 is 5.97 Å². The van der Waals surface area contributed by atoms with Crippen molar-refractivity contribution in [2.75, 3.05) is 38.3 Å². The first-order valence-corrected chi connectivity index (χ1v) is 7.46. The van der Waals surface area contributed by atoms with Crippen LogP contribution in [0.5, 0.6) is 0 Å².